The van der Waals surface area contributed by atoms with Crippen molar-refractivity contribution in [3.8, 4) is 0 Å². The Hall–Kier alpha value is -2.56. The van der Waals surface area contributed by atoms with E-state index in [0.717, 1.165) is 25.1 Å². The van der Waals surface area contributed by atoms with Gasteiger partial charge in [0.25, 0.3) is 0 Å². The number of aryl methyl sites for hydroxylation is 1. The number of aliphatic hydroxyl groups excluding tert-OH is 1. The fourth-order valence-corrected chi connectivity index (χ4v) is 3.52. The monoisotopic (exact) mass is 420 g/mol. The van der Waals surface area contributed by atoms with Gasteiger partial charge in [-0.2, -0.15) is 0 Å². The molecule has 3 atom stereocenters. The van der Waals surface area contributed by atoms with Crippen LogP contribution in [0.5, 0.6) is 0 Å². The van der Waals surface area contributed by atoms with Crippen LogP contribution in [0.25, 0.3) is 0 Å². The molecular weight excluding hydrogens is 391 g/mol. The van der Waals surface area contributed by atoms with E-state index in [1.807, 2.05) is 25.2 Å². The van der Waals surface area contributed by atoms with Crippen LogP contribution in [0.3, 0.4) is 0 Å². The standard InChI is InChI=1S/C20H29FN6O3/c1-26(2)11-14-12-27(25-24-14)10-9-15-7-8-18(19(13-28)30-15)23-20(29)22-17-6-4-3-5-16(17)21/h3-6,12,15,18-19,28H,7-11,13H2,1-2H3,(H2,22,23,29)/t15-,18-,19-/m0/s1. The summed E-state index contributed by atoms with van der Waals surface area (Å²) < 4.78 is 21.5. The van der Waals surface area contributed by atoms with E-state index in [9.17, 15) is 14.3 Å². The highest BCUT2D eigenvalue weighted by Crippen LogP contribution is 2.23. The van der Waals surface area contributed by atoms with Crippen molar-refractivity contribution in [2.24, 2.45) is 0 Å². The van der Waals surface area contributed by atoms with Crippen LogP contribution in [-0.2, 0) is 17.8 Å². The topological polar surface area (TPSA) is 105 Å². The van der Waals surface area contributed by atoms with Crippen LogP contribution in [0, 0.1) is 5.82 Å². The summed E-state index contributed by atoms with van der Waals surface area (Å²) >= 11 is 0. The number of para-hydroxylation sites is 1. The van der Waals surface area contributed by atoms with Crippen LogP contribution in [0.15, 0.2) is 30.5 Å². The SMILES string of the molecule is CN(C)Cc1cn(CC[C@@H]2CC[C@H](NC(=O)Nc3ccccc3F)[C@H](CO)O2)nn1. The van der Waals surface area contributed by atoms with Gasteiger partial charge in [0, 0.05) is 19.3 Å². The zero-order valence-electron chi connectivity index (χ0n) is 17.3. The van der Waals surface area contributed by atoms with Gasteiger partial charge in [-0.05, 0) is 45.5 Å². The summed E-state index contributed by atoms with van der Waals surface area (Å²) in [5.74, 6) is -0.506. The lowest BCUT2D eigenvalue weighted by Gasteiger charge is -2.36. The van der Waals surface area contributed by atoms with Gasteiger partial charge in [0.2, 0.25) is 0 Å². The van der Waals surface area contributed by atoms with Crippen LogP contribution in [0.4, 0.5) is 14.9 Å². The lowest BCUT2D eigenvalue weighted by Crippen LogP contribution is -2.52. The summed E-state index contributed by atoms with van der Waals surface area (Å²) in [6.07, 6.45) is 3.48. The van der Waals surface area contributed by atoms with E-state index in [0.29, 0.717) is 13.0 Å². The molecule has 0 bridgehead atoms. The summed E-state index contributed by atoms with van der Waals surface area (Å²) in [5, 5.41) is 23.3. The normalized spacial score (nSPS) is 21.6. The summed E-state index contributed by atoms with van der Waals surface area (Å²) in [6, 6.07) is 5.08. The Morgan fingerprint density at radius 1 is 1.37 bits per heavy atom. The fourth-order valence-electron chi connectivity index (χ4n) is 3.52. The van der Waals surface area contributed by atoms with E-state index < -0.39 is 18.0 Å². The number of halogens is 1. The van der Waals surface area contributed by atoms with E-state index in [2.05, 4.69) is 20.9 Å². The van der Waals surface area contributed by atoms with Crippen molar-refractivity contribution in [1.82, 2.24) is 25.2 Å². The zero-order chi connectivity index (χ0) is 21.5. The Balaban J connectivity index is 1.46. The molecule has 9 nitrogen and oxygen atoms in total. The third-order valence-corrected chi connectivity index (χ3v) is 4.98. The molecule has 0 unspecified atom stereocenters. The number of aliphatic hydroxyl groups is 1. The number of hydrogen-bond donors (Lipinski definition) is 3. The van der Waals surface area contributed by atoms with Crippen molar-refractivity contribution in [2.75, 3.05) is 26.0 Å². The van der Waals surface area contributed by atoms with Gasteiger partial charge in [-0.25, -0.2) is 9.18 Å². The van der Waals surface area contributed by atoms with E-state index >= 15 is 0 Å². The third-order valence-electron chi connectivity index (χ3n) is 4.98. The Kier molecular flexibility index (Phi) is 7.72. The van der Waals surface area contributed by atoms with Gasteiger partial charge < -0.3 is 25.4 Å². The molecule has 0 aliphatic carbocycles. The van der Waals surface area contributed by atoms with Crippen LogP contribution in [0.2, 0.25) is 0 Å². The number of amides is 2. The lowest BCUT2D eigenvalue weighted by molar-refractivity contribution is -0.0905. The summed E-state index contributed by atoms with van der Waals surface area (Å²) in [4.78, 5) is 14.2. The first-order valence-electron chi connectivity index (χ1n) is 10.1. The van der Waals surface area contributed by atoms with E-state index in [1.165, 1.54) is 12.1 Å². The quantitative estimate of drug-likeness (QED) is 0.599. The molecule has 0 saturated carbocycles. The maximum atomic E-state index is 13.7. The van der Waals surface area contributed by atoms with E-state index in [-0.39, 0.29) is 24.4 Å². The minimum absolute atomic E-state index is 0.0451. The van der Waals surface area contributed by atoms with Gasteiger partial charge in [0.1, 0.15) is 11.9 Å². The van der Waals surface area contributed by atoms with Crippen LogP contribution >= 0.6 is 0 Å². The highest BCUT2D eigenvalue weighted by Gasteiger charge is 2.32. The molecule has 164 valence electrons. The fraction of sp³-hybridized carbons (Fsp3) is 0.550. The maximum absolute atomic E-state index is 13.7. The molecule has 1 aromatic carbocycles. The van der Waals surface area contributed by atoms with Crippen molar-refractivity contribution in [2.45, 2.75) is 50.6 Å². The van der Waals surface area contributed by atoms with Crippen molar-refractivity contribution < 1.29 is 19.0 Å². The molecule has 30 heavy (non-hydrogen) atoms. The number of anilines is 1. The Morgan fingerprint density at radius 2 is 2.17 bits per heavy atom. The van der Waals surface area contributed by atoms with Crippen LogP contribution in [-0.4, -0.2) is 70.0 Å². The molecule has 1 fully saturated rings. The number of carbonyl (C=O) groups excluding carboxylic acids is 1. The van der Waals surface area contributed by atoms with Crippen molar-refractivity contribution in [3.63, 3.8) is 0 Å². The minimum Gasteiger partial charge on any atom is -0.394 e. The molecule has 3 rings (SSSR count). The predicted molar refractivity (Wildman–Crippen MR) is 109 cm³/mol. The molecule has 10 heteroatoms. The summed E-state index contributed by atoms with van der Waals surface area (Å²) in [7, 11) is 3.95. The Morgan fingerprint density at radius 3 is 2.90 bits per heavy atom. The number of hydrogen-bond acceptors (Lipinski definition) is 6. The largest absolute Gasteiger partial charge is 0.394 e. The second kappa shape index (κ2) is 10.5. The highest BCUT2D eigenvalue weighted by molar-refractivity contribution is 5.89. The molecule has 3 N–H and O–H groups in total. The maximum Gasteiger partial charge on any atom is 0.319 e. The van der Waals surface area contributed by atoms with Gasteiger partial charge in [0.05, 0.1) is 30.1 Å². The molecule has 1 aliphatic heterocycles. The average Bonchev–Trinajstić information content (AvgIpc) is 3.15. The third kappa shape index (κ3) is 6.22. The number of urea groups is 1. The van der Waals surface area contributed by atoms with Crippen LogP contribution in [0.1, 0.15) is 25.0 Å². The number of ether oxygens (including phenoxy) is 1. The molecular formula is C20H29FN6O3. The molecule has 0 spiro atoms. The van der Waals surface area contributed by atoms with E-state index in [4.69, 9.17) is 4.74 Å². The molecule has 2 amide bonds. The Labute approximate surface area is 175 Å². The summed E-state index contributed by atoms with van der Waals surface area (Å²) in [6.45, 7) is 1.18. The second-order valence-corrected chi connectivity index (χ2v) is 7.74. The highest BCUT2D eigenvalue weighted by atomic mass is 19.1. The molecule has 1 aromatic heterocycles. The van der Waals surface area contributed by atoms with Gasteiger partial charge >= 0.3 is 6.03 Å². The van der Waals surface area contributed by atoms with Gasteiger partial charge in [0.15, 0.2) is 0 Å². The Bertz CT molecular complexity index is 830. The van der Waals surface area contributed by atoms with Gasteiger partial charge in [-0.15, -0.1) is 5.10 Å². The zero-order valence-corrected chi connectivity index (χ0v) is 17.3. The van der Waals surface area contributed by atoms with Crippen molar-refractivity contribution in [1.29, 1.82) is 0 Å². The van der Waals surface area contributed by atoms with Crippen molar-refractivity contribution >= 4 is 11.7 Å². The minimum atomic E-state index is -0.526. The number of rotatable bonds is 8. The van der Waals surface area contributed by atoms with Gasteiger partial charge in [-0.3, -0.25) is 4.68 Å². The van der Waals surface area contributed by atoms with Crippen LogP contribution < -0.4 is 10.6 Å². The number of benzene rings is 1. The predicted octanol–water partition coefficient (Wildman–Crippen LogP) is 1.60. The molecule has 2 heterocycles. The number of nitrogens with zero attached hydrogens (tertiary/aromatic N) is 4. The smallest absolute Gasteiger partial charge is 0.319 e. The average molecular weight is 420 g/mol. The first-order valence-corrected chi connectivity index (χ1v) is 10.1. The van der Waals surface area contributed by atoms with E-state index in [1.54, 1.807) is 16.8 Å². The molecule has 1 aliphatic rings. The number of carbonyl (C=O) groups is 1. The lowest BCUT2D eigenvalue weighted by atomic mass is 9.97. The van der Waals surface area contributed by atoms with Crippen molar-refractivity contribution in [3.05, 3.63) is 42.0 Å². The second-order valence-electron chi connectivity index (χ2n) is 7.74. The number of nitrogens with one attached hydrogen (secondary N) is 2. The molecule has 1 saturated heterocycles. The molecule has 0 radical (unpaired) electrons. The summed E-state index contributed by atoms with van der Waals surface area (Å²) in [5.41, 5.74) is 1.01. The number of aromatic nitrogens is 3. The van der Waals surface area contributed by atoms with Gasteiger partial charge in [-0.1, -0.05) is 17.3 Å². The first-order chi connectivity index (χ1) is 14.4. The molecule has 2 aromatic rings. The first kappa shape index (κ1) is 22.1.